The molecule has 0 aromatic heterocycles. The molecule has 0 saturated carbocycles. The molecule has 0 radical (unpaired) electrons. The Kier molecular flexibility index (Phi) is 17.3. The van der Waals surface area contributed by atoms with Crippen molar-refractivity contribution in [3.05, 3.63) is 11.6 Å². The molecule has 0 aromatic rings. The van der Waals surface area contributed by atoms with Gasteiger partial charge in [0.25, 0.3) is 0 Å². The van der Waals surface area contributed by atoms with Crippen molar-refractivity contribution in [3.8, 4) is 0 Å². The monoisotopic (exact) mass is 356 g/mol. The van der Waals surface area contributed by atoms with Crippen LogP contribution in [-0.4, -0.2) is 34.0 Å². The molecule has 1 unspecified atom stereocenters. The minimum Gasteiger partial charge on any atom is -0.481 e. The van der Waals surface area contributed by atoms with Crippen LogP contribution >= 0.6 is 0 Å². The number of carbonyl (C=O) groups is 1. The zero-order valence-electron chi connectivity index (χ0n) is 16.2. The lowest BCUT2D eigenvalue weighted by molar-refractivity contribution is -0.137. The third-order valence-corrected chi connectivity index (χ3v) is 4.59. The molecule has 4 nitrogen and oxygen atoms in total. The molecule has 0 bridgehead atoms. The van der Waals surface area contributed by atoms with Crippen LogP contribution in [0.5, 0.6) is 0 Å². The summed E-state index contributed by atoms with van der Waals surface area (Å²) < 4.78 is 0. The molecule has 0 aromatic carbocycles. The Bertz CT molecular complexity index is 339. The molecule has 0 rings (SSSR count). The van der Waals surface area contributed by atoms with Crippen LogP contribution in [0.25, 0.3) is 0 Å². The number of aliphatic carboxylic acids is 1. The van der Waals surface area contributed by atoms with Gasteiger partial charge in [0.1, 0.15) is 0 Å². The van der Waals surface area contributed by atoms with Crippen LogP contribution < -0.4 is 0 Å². The third kappa shape index (κ3) is 17.7. The van der Waals surface area contributed by atoms with Crippen molar-refractivity contribution < 1.29 is 20.1 Å². The van der Waals surface area contributed by atoms with Gasteiger partial charge in [0, 0.05) is 6.42 Å². The molecule has 0 fully saturated rings. The second kappa shape index (κ2) is 17.9. The van der Waals surface area contributed by atoms with E-state index in [4.69, 9.17) is 10.2 Å². The standard InChI is InChI=1S/C21H40O4/c1-2-3-4-5-8-11-14-19(17-20(23)18-22)15-12-9-6-7-10-13-16-21(24)25/h15,20,22-23H,2-14,16-18H2,1H3,(H,24,25)/b19-15+. The Morgan fingerprint density at radius 2 is 1.44 bits per heavy atom. The summed E-state index contributed by atoms with van der Waals surface area (Å²) in [4.78, 5) is 10.4. The molecule has 0 aliphatic carbocycles. The number of hydrogen-bond donors (Lipinski definition) is 3. The number of allylic oxidation sites excluding steroid dienone is 1. The van der Waals surface area contributed by atoms with Crippen LogP contribution in [0.1, 0.15) is 103 Å². The Labute approximate surface area is 154 Å². The number of carboxylic acids is 1. The van der Waals surface area contributed by atoms with Crippen molar-refractivity contribution in [1.82, 2.24) is 0 Å². The van der Waals surface area contributed by atoms with E-state index in [1.807, 2.05) is 0 Å². The van der Waals surface area contributed by atoms with E-state index >= 15 is 0 Å². The van der Waals surface area contributed by atoms with Crippen molar-refractivity contribution in [3.63, 3.8) is 0 Å². The van der Waals surface area contributed by atoms with Crippen molar-refractivity contribution in [2.45, 2.75) is 109 Å². The van der Waals surface area contributed by atoms with Crippen molar-refractivity contribution in [1.29, 1.82) is 0 Å². The number of unbranched alkanes of at least 4 members (excludes halogenated alkanes) is 10. The number of hydrogen-bond acceptors (Lipinski definition) is 3. The SMILES string of the molecule is CCCCCCCC/C(=C\CCCCCCCC(=O)O)CC(O)CO. The fourth-order valence-electron chi connectivity index (χ4n) is 3.04. The van der Waals surface area contributed by atoms with E-state index in [9.17, 15) is 9.90 Å². The van der Waals surface area contributed by atoms with E-state index in [-0.39, 0.29) is 13.0 Å². The van der Waals surface area contributed by atoms with Gasteiger partial charge in [0.2, 0.25) is 0 Å². The van der Waals surface area contributed by atoms with E-state index in [1.54, 1.807) is 0 Å². The zero-order valence-corrected chi connectivity index (χ0v) is 16.2. The summed E-state index contributed by atoms with van der Waals surface area (Å²) in [7, 11) is 0. The van der Waals surface area contributed by atoms with Gasteiger partial charge in [-0.3, -0.25) is 4.79 Å². The van der Waals surface area contributed by atoms with Gasteiger partial charge < -0.3 is 15.3 Å². The lowest BCUT2D eigenvalue weighted by Gasteiger charge is -2.12. The average Bonchev–Trinajstić information content (AvgIpc) is 2.59. The van der Waals surface area contributed by atoms with E-state index in [1.165, 1.54) is 44.1 Å². The number of carboxylic acid groups (broad SMARTS) is 1. The Hall–Kier alpha value is -0.870. The van der Waals surface area contributed by atoms with Crippen LogP contribution in [0.3, 0.4) is 0 Å². The topological polar surface area (TPSA) is 77.8 Å². The first-order valence-corrected chi connectivity index (χ1v) is 10.3. The summed E-state index contributed by atoms with van der Waals surface area (Å²) in [5, 5.41) is 27.4. The molecule has 0 aliphatic heterocycles. The summed E-state index contributed by atoms with van der Waals surface area (Å²) in [6.07, 6.45) is 17.2. The zero-order chi connectivity index (χ0) is 18.8. The first-order valence-electron chi connectivity index (χ1n) is 10.3. The molecule has 148 valence electrons. The van der Waals surface area contributed by atoms with E-state index in [2.05, 4.69) is 13.0 Å². The molecule has 0 amide bonds. The normalized spacial score (nSPS) is 13.2. The maximum Gasteiger partial charge on any atom is 0.303 e. The largest absolute Gasteiger partial charge is 0.481 e. The smallest absolute Gasteiger partial charge is 0.303 e. The molecule has 0 saturated heterocycles. The molecule has 0 aliphatic rings. The molecular formula is C21H40O4. The molecule has 1 atom stereocenters. The van der Waals surface area contributed by atoms with Gasteiger partial charge in [-0.2, -0.15) is 0 Å². The van der Waals surface area contributed by atoms with E-state index < -0.39 is 12.1 Å². The Morgan fingerprint density at radius 1 is 0.880 bits per heavy atom. The summed E-state index contributed by atoms with van der Waals surface area (Å²) in [6.45, 7) is 2.06. The highest BCUT2D eigenvalue weighted by Gasteiger charge is 2.06. The predicted octanol–water partition coefficient (Wildman–Crippen LogP) is 5.22. The Balaban J connectivity index is 3.90. The molecular weight excluding hydrogens is 316 g/mol. The predicted molar refractivity (Wildman–Crippen MR) is 104 cm³/mol. The van der Waals surface area contributed by atoms with Gasteiger partial charge in [0.05, 0.1) is 12.7 Å². The minimum absolute atomic E-state index is 0.169. The maximum atomic E-state index is 10.4. The van der Waals surface area contributed by atoms with Crippen molar-refractivity contribution >= 4 is 5.97 Å². The second-order valence-electron chi connectivity index (χ2n) is 7.12. The minimum atomic E-state index is -0.704. The van der Waals surface area contributed by atoms with Crippen LogP contribution in [0.15, 0.2) is 11.6 Å². The van der Waals surface area contributed by atoms with Gasteiger partial charge >= 0.3 is 5.97 Å². The van der Waals surface area contributed by atoms with E-state index in [0.717, 1.165) is 44.9 Å². The van der Waals surface area contributed by atoms with Gasteiger partial charge in [-0.05, 0) is 38.5 Å². The summed E-state index contributed by atoms with van der Waals surface area (Å²) >= 11 is 0. The highest BCUT2D eigenvalue weighted by atomic mass is 16.4. The third-order valence-electron chi connectivity index (χ3n) is 4.59. The van der Waals surface area contributed by atoms with Gasteiger partial charge in [-0.15, -0.1) is 0 Å². The fraction of sp³-hybridized carbons (Fsp3) is 0.857. The highest BCUT2D eigenvalue weighted by Crippen LogP contribution is 2.18. The van der Waals surface area contributed by atoms with Crippen LogP contribution in [-0.2, 0) is 4.79 Å². The van der Waals surface area contributed by atoms with Crippen LogP contribution in [0.2, 0.25) is 0 Å². The molecule has 3 N–H and O–H groups in total. The molecule has 25 heavy (non-hydrogen) atoms. The molecule has 4 heteroatoms. The molecule has 0 heterocycles. The lowest BCUT2D eigenvalue weighted by Crippen LogP contribution is -2.12. The molecule has 0 spiro atoms. The van der Waals surface area contributed by atoms with Crippen LogP contribution in [0, 0.1) is 0 Å². The van der Waals surface area contributed by atoms with Gasteiger partial charge in [0.15, 0.2) is 0 Å². The van der Waals surface area contributed by atoms with Crippen LogP contribution in [0.4, 0.5) is 0 Å². The first kappa shape index (κ1) is 24.1. The highest BCUT2D eigenvalue weighted by molar-refractivity contribution is 5.66. The summed E-state index contributed by atoms with van der Waals surface area (Å²) in [6, 6.07) is 0. The maximum absolute atomic E-state index is 10.4. The number of aliphatic hydroxyl groups excluding tert-OH is 2. The average molecular weight is 357 g/mol. The van der Waals surface area contributed by atoms with Gasteiger partial charge in [-0.25, -0.2) is 0 Å². The van der Waals surface area contributed by atoms with Crippen molar-refractivity contribution in [2.24, 2.45) is 0 Å². The summed E-state index contributed by atoms with van der Waals surface area (Å²) in [5.41, 5.74) is 1.28. The van der Waals surface area contributed by atoms with Crippen molar-refractivity contribution in [2.75, 3.05) is 6.61 Å². The number of rotatable bonds is 18. The second-order valence-corrected chi connectivity index (χ2v) is 7.12. The Morgan fingerprint density at radius 3 is 2.04 bits per heavy atom. The van der Waals surface area contributed by atoms with Gasteiger partial charge in [-0.1, -0.05) is 69.9 Å². The quantitative estimate of drug-likeness (QED) is 0.232. The fourth-order valence-corrected chi connectivity index (χ4v) is 3.04. The lowest BCUT2D eigenvalue weighted by atomic mass is 9.98. The van der Waals surface area contributed by atoms with E-state index in [0.29, 0.717) is 6.42 Å². The first-order chi connectivity index (χ1) is 12.1. The number of aliphatic hydroxyl groups is 2. The summed E-state index contributed by atoms with van der Waals surface area (Å²) in [5.74, 6) is -0.704.